The summed E-state index contributed by atoms with van der Waals surface area (Å²) in [6.45, 7) is 0.0895. The van der Waals surface area contributed by atoms with Gasteiger partial charge in [-0.3, -0.25) is 14.5 Å². The van der Waals surface area contributed by atoms with Gasteiger partial charge in [0.15, 0.2) is 28.8 Å². The van der Waals surface area contributed by atoms with E-state index >= 15 is 0 Å². The Bertz CT molecular complexity index is 1230. The summed E-state index contributed by atoms with van der Waals surface area (Å²) in [6, 6.07) is 12.6. The SMILES string of the molecule is COc1ccc([C@H](C(=O)NC2CCCC2)N(C(=O)c2ccco2)c2ccc3c(c2)OCO3)cc1OC. The minimum Gasteiger partial charge on any atom is -0.493 e. The van der Waals surface area contributed by atoms with Gasteiger partial charge in [0, 0.05) is 17.8 Å². The van der Waals surface area contributed by atoms with E-state index in [0.29, 0.717) is 34.2 Å². The molecule has 0 radical (unpaired) electrons. The highest BCUT2D eigenvalue weighted by Crippen LogP contribution is 2.40. The molecule has 3 aromatic rings. The number of amides is 2. The monoisotopic (exact) mass is 492 g/mol. The molecule has 5 rings (SSSR count). The lowest BCUT2D eigenvalue weighted by Crippen LogP contribution is -2.46. The number of hydrogen-bond acceptors (Lipinski definition) is 7. The fourth-order valence-corrected chi connectivity index (χ4v) is 4.73. The van der Waals surface area contributed by atoms with Gasteiger partial charge in [0.05, 0.1) is 20.5 Å². The fourth-order valence-electron chi connectivity index (χ4n) is 4.73. The van der Waals surface area contributed by atoms with E-state index in [4.69, 9.17) is 23.4 Å². The molecule has 1 fully saturated rings. The number of carbonyl (C=O) groups excluding carboxylic acids is 2. The topological polar surface area (TPSA) is 99.5 Å². The quantitative estimate of drug-likeness (QED) is 0.495. The first-order valence-corrected chi connectivity index (χ1v) is 11.9. The van der Waals surface area contributed by atoms with Crippen molar-refractivity contribution in [3.63, 3.8) is 0 Å². The van der Waals surface area contributed by atoms with E-state index in [-0.39, 0.29) is 24.5 Å². The Balaban J connectivity index is 1.63. The largest absolute Gasteiger partial charge is 0.493 e. The molecule has 2 amide bonds. The van der Waals surface area contributed by atoms with E-state index < -0.39 is 11.9 Å². The van der Waals surface area contributed by atoms with Crippen LogP contribution in [0.5, 0.6) is 23.0 Å². The Morgan fingerprint density at radius 2 is 1.75 bits per heavy atom. The van der Waals surface area contributed by atoms with Gasteiger partial charge in [-0.15, -0.1) is 0 Å². The summed E-state index contributed by atoms with van der Waals surface area (Å²) >= 11 is 0. The van der Waals surface area contributed by atoms with Crippen molar-refractivity contribution in [1.29, 1.82) is 0 Å². The van der Waals surface area contributed by atoms with Crippen LogP contribution in [0.4, 0.5) is 5.69 Å². The second-order valence-corrected chi connectivity index (χ2v) is 8.70. The van der Waals surface area contributed by atoms with E-state index in [9.17, 15) is 9.59 Å². The molecule has 1 aromatic heterocycles. The van der Waals surface area contributed by atoms with Crippen LogP contribution >= 0.6 is 0 Å². The Morgan fingerprint density at radius 3 is 2.47 bits per heavy atom. The zero-order valence-corrected chi connectivity index (χ0v) is 20.2. The Kier molecular flexibility index (Phi) is 6.71. The number of nitrogens with zero attached hydrogens (tertiary/aromatic N) is 1. The molecule has 0 spiro atoms. The fraction of sp³-hybridized carbons (Fsp3) is 0.333. The smallest absolute Gasteiger partial charge is 0.294 e. The standard InChI is InChI=1S/C27H28N2O7/c1-32-20-11-9-17(14-23(20)33-2)25(26(30)28-18-6-3-4-7-18)29(27(31)22-8-5-13-34-22)19-10-12-21-24(15-19)36-16-35-21/h5,8-15,18,25H,3-4,6-7,16H2,1-2H3,(H,28,30)/t25-/m1/s1. The molecule has 0 bridgehead atoms. The summed E-state index contributed by atoms with van der Waals surface area (Å²) in [6.07, 6.45) is 5.35. The molecule has 9 heteroatoms. The van der Waals surface area contributed by atoms with Gasteiger partial charge in [0.25, 0.3) is 5.91 Å². The molecule has 36 heavy (non-hydrogen) atoms. The number of nitrogens with one attached hydrogen (secondary N) is 1. The van der Waals surface area contributed by atoms with Gasteiger partial charge in [-0.2, -0.15) is 0 Å². The summed E-state index contributed by atoms with van der Waals surface area (Å²) in [5.74, 6) is 1.36. The van der Waals surface area contributed by atoms with Gasteiger partial charge in [-0.1, -0.05) is 18.9 Å². The summed E-state index contributed by atoms with van der Waals surface area (Å²) in [7, 11) is 3.07. The highest BCUT2D eigenvalue weighted by Gasteiger charge is 2.37. The number of carbonyl (C=O) groups is 2. The normalized spacial score (nSPS) is 15.4. The molecular weight excluding hydrogens is 464 g/mol. The lowest BCUT2D eigenvalue weighted by molar-refractivity contribution is -0.123. The maximum Gasteiger partial charge on any atom is 0.294 e. The molecule has 1 atom stereocenters. The maximum absolute atomic E-state index is 13.9. The van der Waals surface area contributed by atoms with E-state index in [1.807, 2.05) is 0 Å². The van der Waals surface area contributed by atoms with Crippen LogP contribution in [0.2, 0.25) is 0 Å². The third kappa shape index (κ3) is 4.56. The van der Waals surface area contributed by atoms with Crippen molar-refractivity contribution in [3.8, 4) is 23.0 Å². The molecule has 9 nitrogen and oxygen atoms in total. The van der Waals surface area contributed by atoms with E-state index in [0.717, 1.165) is 25.7 Å². The number of ether oxygens (including phenoxy) is 4. The van der Waals surface area contributed by atoms with Crippen LogP contribution in [0, 0.1) is 0 Å². The molecule has 2 aromatic carbocycles. The average Bonchev–Trinajstić information content (AvgIpc) is 3.69. The molecule has 1 N–H and O–H groups in total. The third-order valence-corrected chi connectivity index (χ3v) is 6.52. The number of fused-ring (bicyclic) bond motifs is 1. The highest BCUT2D eigenvalue weighted by molar-refractivity contribution is 6.09. The van der Waals surface area contributed by atoms with Gasteiger partial charge >= 0.3 is 0 Å². The van der Waals surface area contributed by atoms with Crippen molar-refractivity contribution in [3.05, 3.63) is 66.1 Å². The first-order chi connectivity index (χ1) is 17.6. The lowest BCUT2D eigenvalue weighted by Gasteiger charge is -2.32. The molecule has 1 saturated carbocycles. The molecule has 2 heterocycles. The van der Waals surface area contributed by atoms with Crippen LogP contribution in [0.15, 0.2) is 59.2 Å². The van der Waals surface area contributed by atoms with Gasteiger partial charge in [0.2, 0.25) is 12.7 Å². The van der Waals surface area contributed by atoms with Gasteiger partial charge < -0.3 is 28.7 Å². The first-order valence-electron chi connectivity index (χ1n) is 11.9. The second kappa shape index (κ2) is 10.2. The first kappa shape index (κ1) is 23.6. The van der Waals surface area contributed by atoms with Crippen LogP contribution in [0.3, 0.4) is 0 Å². The number of furan rings is 1. The Hall–Kier alpha value is -4.14. The zero-order valence-electron chi connectivity index (χ0n) is 20.2. The van der Waals surface area contributed by atoms with Gasteiger partial charge in [-0.05, 0) is 54.8 Å². The minimum absolute atomic E-state index is 0.0532. The highest BCUT2D eigenvalue weighted by atomic mass is 16.7. The van der Waals surface area contributed by atoms with Crippen molar-refractivity contribution < 1.29 is 33.0 Å². The number of hydrogen-bond donors (Lipinski definition) is 1. The Morgan fingerprint density at radius 1 is 0.972 bits per heavy atom. The molecule has 0 unspecified atom stereocenters. The molecule has 1 aliphatic heterocycles. The van der Waals surface area contributed by atoms with Crippen LogP contribution in [0.1, 0.15) is 47.8 Å². The van der Waals surface area contributed by atoms with Crippen molar-refractivity contribution in [2.75, 3.05) is 25.9 Å². The summed E-state index contributed by atoms with van der Waals surface area (Å²) in [4.78, 5) is 29.2. The van der Waals surface area contributed by atoms with Crippen LogP contribution in [-0.4, -0.2) is 38.9 Å². The number of benzene rings is 2. The third-order valence-electron chi connectivity index (χ3n) is 6.52. The molecule has 188 valence electrons. The molecule has 1 aliphatic carbocycles. The summed E-state index contributed by atoms with van der Waals surface area (Å²) in [5.41, 5.74) is 1.02. The maximum atomic E-state index is 13.9. The second-order valence-electron chi connectivity index (χ2n) is 8.70. The van der Waals surface area contributed by atoms with Gasteiger partial charge in [-0.25, -0.2) is 0 Å². The minimum atomic E-state index is -1.02. The van der Waals surface area contributed by atoms with E-state index in [1.54, 1.807) is 55.6 Å². The predicted molar refractivity (Wildman–Crippen MR) is 131 cm³/mol. The van der Waals surface area contributed by atoms with Crippen molar-refractivity contribution >= 4 is 17.5 Å². The lowest BCUT2D eigenvalue weighted by atomic mass is 10.0. The predicted octanol–water partition coefficient (Wildman–Crippen LogP) is 4.47. The van der Waals surface area contributed by atoms with Crippen molar-refractivity contribution in [1.82, 2.24) is 5.32 Å². The summed E-state index contributed by atoms with van der Waals surface area (Å²) in [5, 5.41) is 3.15. The number of rotatable bonds is 8. The Labute approximate surface area is 208 Å². The number of methoxy groups -OCH3 is 2. The van der Waals surface area contributed by atoms with Crippen LogP contribution < -0.4 is 29.2 Å². The van der Waals surface area contributed by atoms with Crippen LogP contribution in [0.25, 0.3) is 0 Å². The van der Waals surface area contributed by atoms with Gasteiger partial charge in [0.1, 0.15) is 6.04 Å². The van der Waals surface area contributed by atoms with Crippen molar-refractivity contribution in [2.45, 2.75) is 37.8 Å². The molecule has 2 aliphatic rings. The van der Waals surface area contributed by atoms with E-state index in [2.05, 4.69) is 5.32 Å². The number of anilines is 1. The average molecular weight is 493 g/mol. The van der Waals surface area contributed by atoms with Crippen LogP contribution in [-0.2, 0) is 4.79 Å². The zero-order chi connectivity index (χ0) is 25.1. The molecular formula is C27H28N2O7. The summed E-state index contributed by atoms with van der Waals surface area (Å²) < 4.78 is 27.3. The molecule has 0 saturated heterocycles. The van der Waals surface area contributed by atoms with E-state index in [1.165, 1.54) is 18.3 Å². The van der Waals surface area contributed by atoms with Crippen molar-refractivity contribution in [2.24, 2.45) is 0 Å².